The second-order valence-electron chi connectivity index (χ2n) is 9.97. The fraction of sp³-hybridized carbons (Fsp3) is 0.750. The highest BCUT2D eigenvalue weighted by molar-refractivity contribution is 5.83. The number of pyridine rings is 1. The molecule has 0 radical (unpaired) electrons. The Morgan fingerprint density at radius 2 is 2.15 bits per heavy atom. The fourth-order valence-electron chi connectivity index (χ4n) is 5.69. The van der Waals surface area contributed by atoms with Crippen LogP contribution in [0.25, 0.3) is 0 Å². The highest BCUT2D eigenvalue weighted by atomic mass is 19.4. The predicted octanol–water partition coefficient (Wildman–Crippen LogP) is 3.57. The average Bonchev–Trinajstić information content (AvgIpc) is 3.23. The minimum Gasteiger partial charge on any atom is -0.379 e. The van der Waals surface area contributed by atoms with Crippen LogP contribution in [0.5, 0.6) is 0 Å². The second kappa shape index (κ2) is 9.50. The maximum Gasteiger partial charge on any atom is 0.417 e. The van der Waals surface area contributed by atoms with Crippen LogP contribution in [0.15, 0.2) is 12.3 Å². The van der Waals surface area contributed by atoms with E-state index in [0.29, 0.717) is 37.4 Å². The van der Waals surface area contributed by atoms with Crippen molar-refractivity contribution in [1.82, 2.24) is 15.2 Å². The number of carbonyl (C=O) groups is 1. The maximum absolute atomic E-state index is 13.8. The van der Waals surface area contributed by atoms with Crippen molar-refractivity contribution in [3.05, 3.63) is 29.1 Å². The molecule has 1 aliphatic carbocycles. The number of rotatable bonds is 5. The third kappa shape index (κ3) is 4.91. The molecular weight excluding hydrogens is 435 g/mol. The quantitative estimate of drug-likeness (QED) is 0.714. The molecule has 33 heavy (non-hydrogen) atoms. The lowest BCUT2D eigenvalue weighted by Crippen LogP contribution is -2.52. The first-order valence-electron chi connectivity index (χ1n) is 11.8. The summed E-state index contributed by atoms with van der Waals surface area (Å²) in [7, 11) is 1.69. The van der Waals surface area contributed by atoms with Gasteiger partial charge in [0.25, 0.3) is 0 Å². The molecule has 1 saturated heterocycles. The van der Waals surface area contributed by atoms with E-state index in [1.807, 2.05) is 0 Å². The number of aromatic nitrogens is 1. The van der Waals surface area contributed by atoms with Crippen molar-refractivity contribution >= 4 is 5.91 Å². The lowest BCUT2D eigenvalue weighted by molar-refractivity contribution is -0.146. The molecule has 1 amide bonds. The molecule has 0 unspecified atom stereocenters. The van der Waals surface area contributed by atoms with Gasteiger partial charge in [0, 0.05) is 57.2 Å². The van der Waals surface area contributed by atoms with Crippen molar-refractivity contribution in [2.24, 2.45) is 11.3 Å². The van der Waals surface area contributed by atoms with Gasteiger partial charge in [-0.25, -0.2) is 0 Å². The SMILES string of the molecule is CO[C@H]1COCC[C@@H]1N[C@H]1CC[C@](C(=O)N2CCc3ncc(C(F)(F)F)cc3C2)(C(C)C)C1. The largest absolute Gasteiger partial charge is 0.417 e. The van der Waals surface area contributed by atoms with Crippen LogP contribution in [0.1, 0.15) is 56.4 Å². The molecule has 2 fully saturated rings. The third-order valence-electron chi connectivity index (χ3n) is 7.79. The summed E-state index contributed by atoms with van der Waals surface area (Å²) in [5, 5.41) is 3.72. The van der Waals surface area contributed by atoms with Crippen LogP contribution < -0.4 is 5.32 Å². The van der Waals surface area contributed by atoms with Crippen molar-refractivity contribution in [2.45, 2.75) is 76.9 Å². The summed E-state index contributed by atoms with van der Waals surface area (Å²) in [6.07, 6.45) is 0.180. The number of ether oxygens (including phenoxy) is 2. The summed E-state index contributed by atoms with van der Waals surface area (Å²) in [6, 6.07) is 1.55. The van der Waals surface area contributed by atoms with Gasteiger partial charge >= 0.3 is 6.18 Å². The molecular formula is C24H34F3N3O3. The highest BCUT2D eigenvalue weighted by Gasteiger charge is 2.50. The molecule has 6 nitrogen and oxygen atoms in total. The average molecular weight is 470 g/mol. The highest BCUT2D eigenvalue weighted by Crippen LogP contribution is 2.47. The first kappa shape index (κ1) is 24.4. The Morgan fingerprint density at radius 3 is 2.85 bits per heavy atom. The summed E-state index contributed by atoms with van der Waals surface area (Å²) in [5.41, 5.74) is -0.121. The molecule has 1 aromatic heterocycles. The molecule has 1 aromatic rings. The molecule has 4 rings (SSSR count). The van der Waals surface area contributed by atoms with Crippen LogP contribution in [0.2, 0.25) is 0 Å². The maximum atomic E-state index is 13.8. The molecule has 2 aliphatic heterocycles. The molecule has 184 valence electrons. The summed E-state index contributed by atoms with van der Waals surface area (Å²) in [5.74, 6) is 0.186. The summed E-state index contributed by atoms with van der Waals surface area (Å²) < 4.78 is 50.6. The van der Waals surface area contributed by atoms with Crippen molar-refractivity contribution in [2.75, 3.05) is 26.9 Å². The zero-order valence-corrected chi connectivity index (χ0v) is 19.6. The lowest BCUT2D eigenvalue weighted by atomic mass is 9.74. The van der Waals surface area contributed by atoms with Gasteiger partial charge in [-0.3, -0.25) is 9.78 Å². The van der Waals surface area contributed by atoms with E-state index in [1.54, 1.807) is 12.0 Å². The fourth-order valence-corrected chi connectivity index (χ4v) is 5.69. The van der Waals surface area contributed by atoms with Crippen molar-refractivity contribution < 1.29 is 27.4 Å². The Hall–Kier alpha value is -1.71. The monoisotopic (exact) mass is 469 g/mol. The van der Waals surface area contributed by atoms with Crippen LogP contribution in [0, 0.1) is 11.3 Å². The number of hydrogen-bond acceptors (Lipinski definition) is 5. The van der Waals surface area contributed by atoms with Gasteiger partial charge in [-0.2, -0.15) is 13.2 Å². The Morgan fingerprint density at radius 1 is 1.36 bits per heavy atom. The van der Waals surface area contributed by atoms with Crippen LogP contribution in [-0.2, 0) is 33.4 Å². The number of amides is 1. The first-order chi connectivity index (χ1) is 15.6. The number of nitrogens with one attached hydrogen (secondary N) is 1. The normalized spacial score (nSPS) is 30.5. The zero-order valence-electron chi connectivity index (χ0n) is 19.6. The molecule has 4 atom stereocenters. The van der Waals surface area contributed by atoms with Gasteiger partial charge in [-0.05, 0) is 43.2 Å². The van der Waals surface area contributed by atoms with Gasteiger partial charge in [0.2, 0.25) is 5.91 Å². The molecule has 0 aromatic carbocycles. The number of hydrogen-bond donors (Lipinski definition) is 1. The van der Waals surface area contributed by atoms with E-state index in [4.69, 9.17) is 9.47 Å². The number of fused-ring (bicyclic) bond motifs is 1. The van der Waals surface area contributed by atoms with E-state index in [0.717, 1.165) is 37.9 Å². The molecule has 9 heteroatoms. The van der Waals surface area contributed by atoms with Gasteiger partial charge in [0.1, 0.15) is 0 Å². The minimum atomic E-state index is -4.44. The second-order valence-corrected chi connectivity index (χ2v) is 9.97. The number of alkyl halides is 3. The standard InChI is InChI=1S/C24H34F3N3O3/c1-15(2)23(7-4-18(11-23)29-20-6-9-33-14-21(20)32-3)22(31)30-8-5-19-16(13-30)10-17(12-28-19)24(25,26)27/h10,12,15,18,20-21,29H,4-9,11,13-14H2,1-3H3/t18-,20-,21-,23+/m0/s1. The van der Waals surface area contributed by atoms with Crippen molar-refractivity contribution in [1.29, 1.82) is 0 Å². The van der Waals surface area contributed by atoms with E-state index >= 15 is 0 Å². The molecule has 3 heterocycles. The Kier molecular flexibility index (Phi) is 7.03. The van der Waals surface area contributed by atoms with Crippen LogP contribution in [0.3, 0.4) is 0 Å². The van der Waals surface area contributed by atoms with E-state index in [9.17, 15) is 18.0 Å². The molecule has 3 aliphatic rings. The Labute approximate surface area is 193 Å². The lowest BCUT2D eigenvalue weighted by Gasteiger charge is -2.40. The van der Waals surface area contributed by atoms with E-state index in [-0.39, 0.29) is 36.6 Å². The smallest absolute Gasteiger partial charge is 0.379 e. The minimum absolute atomic E-state index is 0.00238. The Bertz CT molecular complexity index is 863. The van der Waals surface area contributed by atoms with Gasteiger partial charge in [-0.15, -0.1) is 0 Å². The summed E-state index contributed by atoms with van der Waals surface area (Å²) in [4.78, 5) is 19.6. The van der Waals surface area contributed by atoms with Crippen molar-refractivity contribution in [3.63, 3.8) is 0 Å². The first-order valence-corrected chi connectivity index (χ1v) is 11.8. The van der Waals surface area contributed by atoms with E-state index < -0.39 is 17.2 Å². The number of halogens is 3. The predicted molar refractivity (Wildman–Crippen MR) is 116 cm³/mol. The van der Waals surface area contributed by atoms with E-state index in [2.05, 4.69) is 24.1 Å². The van der Waals surface area contributed by atoms with Gasteiger partial charge in [-0.1, -0.05) is 13.8 Å². The number of carbonyl (C=O) groups excluding carboxylic acids is 1. The topological polar surface area (TPSA) is 63.7 Å². The number of methoxy groups -OCH3 is 1. The molecule has 1 N–H and O–H groups in total. The van der Waals surface area contributed by atoms with Gasteiger partial charge in [0.05, 0.1) is 23.7 Å². The van der Waals surface area contributed by atoms with Gasteiger partial charge in [0.15, 0.2) is 0 Å². The van der Waals surface area contributed by atoms with Crippen LogP contribution >= 0.6 is 0 Å². The molecule has 0 spiro atoms. The van der Waals surface area contributed by atoms with Crippen molar-refractivity contribution in [3.8, 4) is 0 Å². The Balaban J connectivity index is 1.48. The zero-order chi connectivity index (χ0) is 23.8. The molecule has 0 bridgehead atoms. The van der Waals surface area contributed by atoms with Crippen LogP contribution in [-0.4, -0.2) is 60.8 Å². The number of nitrogens with zero attached hydrogens (tertiary/aromatic N) is 2. The van der Waals surface area contributed by atoms with Crippen LogP contribution in [0.4, 0.5) is 13.2 Å². The summed E-state index contributed by atoms with van der Waals surface area (Å²) in [6.45, 7) is 6.09. The van der Waals surface area contributed by atoms with Gasteiger partial charge < -0.3 is 19.7 Å². The summed E-state index contributed by atoms with van der Waals surface area (Å²) >= 11 is 0. The van der Waals surface area contributed by atoms with E-state index in [1.165, 1.54) is 0 Å². The molecule has 1 saturated carbocycles. The third-order valence-corrected chi connectivity index (χ3v) is 7.79.